The number of piperidine rings is 1. The van der Waals surface area contributed by atoms with E-state index in [1.807, 2.05) is 4.90 Å². The third kappa shape index (κ3) is 3.73. The molecular formula is C16H19ClN2O5. The van der Waals surface area contributed by atoms with Gasteiger partial charge in [-0.3, -0.25) is 9.69 Å². The first-order valence-electron chi connectivity index (χ1n) is 7.71. The van der Waals surface area contributed by atoms with Crippen LogP contribution < -0.4 is 10.1 Å². The van der Waals surface area contributed by atoms with Crippen LogP contribution in [0.15, 0.2) is 18.2 Å². The van der Waals surface area contributed by atoms with Crippen molar-refractivity contribution in [2.45, 2.75) is 18.4 Å². The second kappa shape index (κ2) is 6.86. The maximum Gasteiger partial charge on any atom is 0.509 e. The van der Waals surface area contributed by atoms with Crippen LogP contribution >= 0.6 is 11.6 Å². The van der Waals surface area contributed by atoms with Crippen LogP contribution in [0, 0.1) is 0 Å². The molecule has 2 saturated heterocycles. The number of cyclic esters (lactones) is 1. The number of carbonyl (C=O) groups is 2. The first kappa shape index (κ1) is 16.9. The fourth-order valence-corrected chi connectivity index (χ4v) is 3.20. The zero-order chi connectivity index (χ0) is 17.2. The fourth-order valence-electron chi connectivity index (χ4n) is 2.94. The molecule has 2 aliphatic rings. The lowest BCUT2D eigenvalue weighted by Gasteiger charge is -2.35. The molecule has 0 bridgehead atoms. The predicted molar refractivity (Wildman–Crippen MR) is 87.5 cm³/mol. The highest BCUT2D eigenvalue weighted by molar-refractivity contribution is 6.32. The van der Waals surface area contributed by atoms with Gasteiger partial charge >= 0.3 is 6.16 Å². The summed E-state index contributed by atoms with van der Waals surface area (Å²) in [5, 5.41) is 3.26. The van der Waals surface area contributed by atoms with Gasteiger partial charge in [-0.2, -0.15) is 0 Å². The van der Waals surface area contributed by atoms with Gasteiger partial charge in [0, 0.05) is 31.6 Å². The van der Waals surface area contributed by atoms with Crippen molar-refractivity contribution in [3.63, 3.8) is 0 Å². The summed E-state index contributed by atoms with van der Waals surface area (Å²) in [6, 6.07) is 5.10. The van der Waals surface area contributed by atoms with E-state index in [0.29, 0.717) is 49.0 Å². The van der Waals surface area contributed by atoms with Crippen molar-refractivity contribution in [2.75, 3.05) is 38.7 Å². The lowest BCUT2D eigenvalue weighted by Crippen LogP contribution is -2.48. The maximum atomic E-state index is 12.2. The van der Waals surface area contributed by atoms with Gasteiger partial charge in [0.2, 0.25) is 5.91 Å². The average Bonchev–Trinajstić information content (AvgIpc) is 2.91. The van der Waals surface area contributed by atoms with E-state index in [4.69, 9.17) is 25.8 Å². The Morgan fingerprint density at radius 3 is 2.75 bits per heavy atom. The molecule has 130 valence electrons. The van der Waals surface area contributed by atoms with E-state index in [-0.39, 0.29) is 12.5 Å². The highest BCUT2D eigenvalue weighted by atomic mass is 35.5. The van der Waals surface area contributed by atoms with E-state index >= 15 is 0 Å². The normalized spacial score (nSPS) is 19.7. The molecule has 0 aliphatic carbocycles. The minimum absolute atomic E-state index is 0.119. The van der Waals surface area contributed by atoms with Crippen molar-refractivity contribution in [1.29, 1.82) is 0 Å². The molecule has 0 radical (unpaired) electrons. The Hall–Kier alpha value is -1.99. The lowest BCUT2D eigenvalue weighted by molar-refractivity contribution is -0.118. The van der Waals surface area contributed by atoms with Crippen molar-refractivity contribution >= 4 is 29.4 Å². The lowest BCUT2D eigenvalue weighted by atomic mass is 9.92. The van der Waals surface area contributed by atoms with Gasteiger partial charge in [-0.1, -0.05) is 11.6 Å². The average molecular weight is 355 g/mol. The van der Waals surface area contributed by atoms with Crippen LogP contribution in [-0.2, 0) is 14.3 Å². The Morgan fingerprint density at radius 2 is 2.17 bits per heavy atom. The highest BCUT2D eigenvalue weighted by Crippen LogP contribution is 2.31. The third-order valence-corrected chi connectivity index (χ3v) is 4.62. The van der Waals surface area contributed by atoms with Crippen molar-refractivity contribution < 1.29 is 23.8 Å². The van der Waals surface area contributed by atoms with E-state index in [9.17, 15) is 9.59 Å². The summed E-state index contributed by atoms with van der Waals surface area (Å²) >= 11 is 6.05. The molecule has 1 aromatic rings. The summed E-state index contributed by atoms with van der Waals surface area (Å²) in [5.74, 6) is 0.441. The topological polar surface area (TPSA) is 77.1 Å². The second-order valence-corrected chi connectivity index (χ2v) is 6.40. The number of hydrogen-bond acceptors (Lipinski definition) is 6. The Morgan fingerprint density at radius 1 is 1.42 bits per heavy atom. The summed E-state index contributed by atoms with van der Waals surface area (Å²) in [7, 11) is 1.54. The smallest absolute Gasteiger partial charge is 0.495 e. The van der Waals surface area contributed by atoms with E-state index in [0.717, 1.165) is 0 Å². The molecular weight excluding hydrogens is 336 g/mol. The number of likely N-dealkylation sites (tertiary alicyclic amines) is 1. The zero-order valence-corrected chi connectivity index (χ0v) is 14.1. The molecule has 3 rings (SSSR count). The van der Waals surface area contributed by atoms with Gasteiger partial charge in [0.25, 0.3) is 0 Å². The third-order valence-electron chi connectivity index (χ3n) is 4.32. The minimum Gasteiger partial charge on any atom is -0.495 e. The van der Waals surface area contributed by atoms with Crippen LogP contribution in [0.4, 0.5) is 10.5 Å². The van der Waals surface area contributed by atoms with E-state index in [2.05, 4.69) is 5.32 Å². The standard InChI is InChI=1S/C16H19ClN2O5/c1-22-13-3-2-11(8-12(13)17)18-14(20)9-19-6-4-16(5-7-19)10-23-15(21)24-16/h2-3,8H,4-7,9-10H2,1H3,(H,18,20). The summed E-state index contributed by atoms with van der Waals surface area (Å²) < 4.78 is 15.2. The zero-order valence-electron chi connectivity index (χ0n) is 13.3. The van der Waals surface area contributed by atoms with E-state index < -0.39 is 11.8 Å². The number of nitrogens with one attached hydrogen (secondary N) is 1. The minimum atomic E-state index is -0.599. The summed E-state index contributed by atoms with van der Waals surface area (Å²) in [4.78, 5) is 25.3. The first-order chi connectivity index (χ1) is 11.5. The van der Waals surface area contributed by atoms with Crippen LogP contribution in [0.1, 0.15) is 12.8 Å². The molecule has 7 nitrogen and oxygen atoms in total. The molecule has 1 N–H and O–H groups in total. The number of nitrogens with zero attached hydrogens (tertiary/aromatic N) is 1. The van der Waals surface area contributed by atoms with Gasteiger partial charge in [-0.05, 0) is 18.2 Å². The van der Waals surface area contributed by atoms with Crippen LogP contribution in [0.2, 0.25) is 5.02 Å². The number of benzene rings is 1. The highest BCUT2D eigenvalue weighted by Gasteiger charge is 2.44. The number of ether oxygens (including phenoxy) is 3. The van der Waals surface area contributed by atoms with Crippen LogP contribution in [-0.4, -0.2) is 55.9 Å². The number of hydrogen-bond donors (Lipinski definition) is 1. The van der Waals surface area contributed by atoms with E-state index in [1.165, 1.54) is 7.11 Å². The Balaban J connectivity index is 1.49. The summed E-state index contributed by atoms with van der Waals surface area (Å²) in [6.07, 6.45) is 0.735. The second-order valence-electron chi connectivity index (χ2n) is 6.00. The molecule has 2 aliphatic heterocycles. The first-order valence-corrected chi connectivity index (χ1v) is 8.09. The van der Waals surface area contributed by atoms with Gasteiger partial charge in [0.15, 0.2) is 5.60 Å². The molecule has 0 unspecified atom stereocenters. The van der Waals surface area contributed by atoms with Crippen molar-refractivity contribution in [2.24, 2.45) is 0 Å². The van der Waals surface area contributed by atoms with Crippen LogP contribution in [0.5, 0.6) is 5.75 Å². The molecule has 0 saturated carbocycles. The Kier molecular flexibility index (Phi) is 4.82. The van der Waals surface area contributed by atoms with Gasteiger partial charge in [-0.25, -0.2) is 4.79 Å². The van der Waals surface area contributed by atoms with Gasteiger partial charge < -0.3 is 19.5 Å². The summed E-state index contributed by atoms with van der Waals surface area (Å²) in [5.41, 5.74) is 0.116. The Labute approximate surface area is 144 Å². The predicted octanol–water partition coefficient (Wildman–Crippen LogP) is 2.29. The van der Waals surface area contributed by atoms with Gasteiger partial charge in [-0.15, -0.1) is 0 Å². The fraction of sp³-hybridized carbons (Fsp3) is 0.500. The van der Waals surface area contributed by atoms with Crippen LogP contribution in [0.3, 0.4) is 0 Å². The van der Waals surface area contributed by atoms with Gasteiger partial charge in [0.05, 0.1) is 18.7 Å². The molecule has 0 atom stereocenters. The number of methoxy groups -OCH3 is 1. The Bertz CT molecular complexity index is 643. The summed E-state index contributed by atoms with van der Waals surface area (Å²) in [6.45, 7) is 1.92. The largest absolute Gasteiger partial charge is 0.509 e. The maximum absolute atomic E-state index is 12.2. The number of halogens is 1. The molecule has 24 heavy (non-hydrogen) atoms. The monoisotopic (exact) mass is 354 g/mol. The van der Waals surface area contributed by atoms with Crippen molar-refractivity contribution in [3.8, 4) is 5.75 Å². The molecule has 8 heteroatoms. The van der Waals surface area contributed by atoms with Crippen LogP contribution in [0.25, 0.3) is 0 Å². The molecule has 0 aromatic heterocycles. The number of rotatable bonds is 4. The number of anilines is 1. The molecule has 2 fully saturated rings. The molecule has 1 amide bonds. The quantitative estimate of drug-likeness (QED) is 0.836. The molecule has 1 spiro atoms. The number of amides is 1. The van der Waals surface area contributed by atoms with E-state index in [1.54, 1.807) is 18.2 Å². The molecule has 2 heterocycles. The SMILES string of the molecule is COc1ccc(NC(=O)CN2CCC3(CC2)COC(=O)O3)cc1Cl. The number of carbonyl (C=O) groups excluding carboxylic acids is 2. The van der Waals surface area contributed by atoms with Crippen molar-refractivity contribution in [1.82, 2.24) is 4.90 Å². The van der Waals surface area contributed by atoms with Crippen molar-refractivity contribution in [3.05, 3.63) is 23.2 Å². The van der Waals surface area contributed by atoms with Gasteiger partial charge in [0.1, 0.15) is 12.4 Å². The molecule has 1 aromatic carbocycles.